The lowest BCUT2D eigenvalue weighted by Crippen LogP contribution is -1.66. The molecule has 0 aliphatic heterocycles. The summed E-state index contributed by atoms with van der Waals surface area (Å²) >= 11 is 0. The van der Waals surface area contributed by atoms with E-state index >= 15 is 0 Å². The molecule has 0 heterocycles. The van der Waals surface area contributed by atoms with Crippen LogP contribution in [0.5, 0.6) is 0 Å². The van der Waals surface area contributed by atoms with Gasteiger partial charge in [0.15, 0.2) is 0 Å². The van der Waals surface area contributed by atoms with E-state index in [0.29, 0.717) is 0 Å². The minimum Gasteiger partial charge on any atom is -0.380 e. The van der Waals surface area contributed by atoms with Gasteiger partial charge in [0.05, 0.1) is 0 Å². The van der Waals surface area contributed by atoms with Crippen LogP contribution in [0.4, 0.5) is 0 Å². The fraction of sp³-hybridized carbons (Fsp3) is 0. The van der Waals surface area contributed by atoms with Crippen molar-refractivity contribution in [3.63, 3.8) is 0 Å². The van der Waals surface area contributed by atoms with Gasteiger partial charge in [-0.3, -0.25) is 0 Å². The predicted molar refractivity (Wildman–Crippen MR) is 26.2 cm³/mol. The molecule has 0 aliphatic carbocycles. The van der Waals surface area contributed by atoms with E-state index in [0.717, 1.165) is 0 Å². The van der Waals surface area contributed by atoms with Crippen LogP contribution in [0.1, 0.15) is 0 Å². The molecule has 1 unspecified atom stereocenters. The Morgan fingerprint density at radius 3 is 1.14 bits per heavy atom. The van der Waals surface area contributed by atoms with Crippen LogP contribution in [-0.4, -0.2) is 19.6 Å². The smallest absolute Gasteiger partial charge is 0.380 e. The van der Waals surface area contributed by atoms with E-state index in [1.165, 1.54) is 9.47 Å². The van der Waals surface area contributed by atoms with Crippen molar-refractivity contribution in [1.29, 1.82) is 0 Å². The fourth-order valence-corrected chi connectivity index (χ4v) is 0. The maximum absolute atomic E-state index is 8.88. The lowest BCUT2D eigenvalue weighted by molar-refractivity contribution is 0.275. The van der Waals surface area contributed by atoms with Crippen molar-refractivity contribution < 1.29 is 24.1 Å². The van der Waals surface area contributed by atoms with E-state index in [9.17, 15) is 0 Å². The van der Waals surface area contributed by atoms with Gasteiger partial charge in [-0.25, -0.2) is 4.57 Å². The zero-order chi connectivity index (χ0) is 6.50. The lowest BCUT2D eigenvalue weighted by Gasteiger charge is -1.82. The second kappa shape index (κ2) is 4.65. The van der Waals surface area contributed by atoms with Crippen LogP contribution in [0, 0.1) is 0 Å². The third-order valence-corrected chi connectivity index (χ3v) is 0. The van der Waals surface area contributed by atoms with E-state index in [1.54, 1.807) is 0 Å². The molecular formula is H6O5P2. The fourth-order valence-electron chi connectivity index (χ4n) is 0. The molecule has 0 saturated carbocycles. The van der Waals surface area contributed by atoms with Crippen molar-refractivity contribution in [3.05, 3.63) is 0 Å². The monoisotopic (exact) mass is 148 g/mol. The zero-order valence-corrected chi connectivity index (χ0v) is 5.27. The summed E-state index contributed by atoms with van der Waals surface area (Å²) in [7, 11) is -3.22. The van der Waals surface area contributed by atoms with Gasteiger partial charge in [-0.15, -0.1) is 0 Å². The van der Waals surface area contributed by atoms with Crippen LogP contribution in [0.2, 0.25) is 0 Å². The maximum atomic E-state index is 8.88. The van der Waals surface area contributed by atoms with Crippen LogP contribution >= 0.6 is 17.3 Å². The number of phosphoric acid groups is 1. The zero-order valence-electron chi connectivity index (χ0n) is 3.22. The maximum Gasteiger partial charge on any atom is 0.466 e. The third kappa shape index (κ3) is 527. The molecular weight excluding hydrogens is 142 g/mol. The van der Waals surface area contributed by atoms with Crippen molar-refractivity contribution in [2.75, 3.05) is 0 Å². The Morgan fingerprint density at radius 1 is 1.14 bits per heavy atom. The molecule has 0 aliphatic rings. The Morgan fingerprint density at radius 2 is 1.14 bits per heavy atom. The molecule has 0 aromatic rings. The van der Waals surface area contributed by atoms with Gasteiger partial charge in [-0.05, 0) is 9.47 Å². The Bertz CT molecular complexity index is 52.2. The van der Waals surface area contributed by atoms with Gasteiger partial charge in [0.25, 0.3) is 0 Å². The third-order valence-electron chi connectivity index (χ3n) is 0. The summed E-state index contributed by atoms with van der Waals surface area (Å²) in [6.45, 7) is 0. The summed E-state index contributed by atoms with van der Waals surface area (Å²) in [5.41, 5.74) is 0. The molecule has 0 aromatic heterocycles. The van der Waals surface area contributed by atoms with E-state index in [2.05, 4.69) is 0 Å². The van der Waals surface area contributed by atoms with Crippen molar-refractivity contribution in [2.24, 2.45) is 0 Å². The molecule has 0 radical (unpaired) electrons. The van der Waals surface area contributed by atoms with Crippen molar-refractivity contribution >= 4 is 17.3 Å². The van der Waals surface area contributed by atoms with Gasteiger partial charge in [-0.1, -0.05) is 0 Å². The molecule has 0 aromatic carbocycles. The standard InChI is InChI=1S/H3O4P.H3OP/c1-5(2,3)4;1-2/h(H3,1,2,3,4);1H,2H2. The highest BCUT2D eigenvalue weighted by Gasteiger charge is 2.00. The van der Waals surface area contributed by atoms with Crippen molar-refractivity contribution in [3.8, 4) is 0 Å². The topological polar surface area (TPSA) is 98.0 Å². The average molecular weight is 148 g/mol. The summed E-state index contributed by atoms with van der Waals surface area (Å²) in [5, 5.41) is 0. The minimum absolute atomic E-state index is 1.42. The van der Waals surface area contributed by atoms with Gasteiger partial charge in [0.2, 0.25) is 0 Å². The first kappa shape index (κ1) is 10.5. The Labute approximate surface area is 42.5 Å². The Kier molecular flexibility index (Phi) is 6.96. The predicted octanol–water partition coefficient (Wildman–Crippen LogP) is -1.16. The first-order valence-corrected chi connectivity index (χ1v) is 3.12. The first-order chi connectivity index (χ1) is 3.00. The van der Waals surface area contributed by atoms with Gasteiger partial charge in [-0.2, -0.15) is 0 Å². The summed E-state index contributed by atoms with van der Waals surface area (Å²) in [6.07, 6.45) is 0. The summed E-state index contributed by atoms with van der Waals surface area (Å²) < 4.78 is 8.88. The molecule has 0 bridgehead atoms. The normalized spacial score (nSPS) is 9.29. The summed E-state index contributed by atoms with van der Waals surface area (Å²) in [5.74, 6) is 0. The van der Waals surface area contributed by atoms with Gasteiger partial charge in [0.1, 0.15) is 0 Å². The molecule has 0 fully saturated rings. The molecule has 7 heavy (non-hydrogen) atoms. The minimum atomic E-state index is -4.64. The second-order valence-electron chi connectivity index (χ2n) is 0.513. The van der Waals surface area contributed by atoms with Crippen LogP contribution < -0.4 is 0 Å². The average Bonchev–Trinajstić information content (AvgIpc) is 1.36. The summed E-state index contributed by atoms with van der Waals surface area (Å²) in [6, 6.07) is 0. The van der Waals surface area contributed by atoms with E-state index < -0.39 is 7.82 Å². The number of hydrogen-bond acceptors (Lipinski definition) is 2. The van der Waals surface area contributed by atoms with Crippen molar-refractivity contribution in [2.45, 2.75) is 0 Å². The lowest BCUT2D eigenvalue weighted by atomic mass is 15.8. The number of hydrogen-bond donors (Lipinski definition) is 4. The number of rotatable bonds is 0. The molecule has 0 rings (SSSR count). The highest BCUT2D eigenvalue weighted by molar-refractivity contribution is 7.45. The van der Waals surface area contributed by atoms with Crippen molar-refractivity contribution in [1.82, 2.24) is 0 Å². The van der Waals surface area contributed by atoms with Crippen LogP contribution in [0.15, 0.2) is 0 Å². The molecule has 0 amide bonds. The van der Waals surface area contributed by atoms with Gasteiger partial charge >= 0.3 is 7.82 Å². The molecule has 4 N–H and O–H groups in total. The van der Waals surface area contributed by atoms with E-state index in [4.69, 9.17) is 24.1 Å². The van der Waals surface area contributed by atoms with Gasteiger partial charge < -0.3 is 19.6 Å². The first-order valence-electron chi connectivity index (χ1n) is 1.04. The Hall–Kier alpha value is 0.500. The largest absolute Gasteiger partial charge is 0.466 e. The van der Waals surface area contributed by atoms with Crippen LogP contribution in [0.25, 0.3) is 0 Å². The molecule has 0 spiro atoms. The quantitative estimate of drug-likeness (QED) is 0.325. The molecule has 0 saturated heterocycles. The molecule has 5 nitrogen and oxygen atoms in total. The van der Waals surface area contributed by atoms with Gasteiger partial charge in [0, 0.05) is 0 Å². The molecule has 1 atom stereocenters. The Balaban J connectivity index is 0. The molecule has 46 valence electrons. The van der Waals surface area contributed by atoms with E-state index in [1.807, 2.05) is 0 Å². The molecule has 7 heteroatoms. The second-order valence-corrected chi connectivity index (χ2v) is 1.54. The van der Waals surface area contributed by atoms with E-state index in [-0.39, 0.29) is 0 Å². The van der Waals surface area contributed by atoms with Crippen LogP contribution in [-0.2, 0) is 4.57 Å². The highest BCUT2D eigenvalue weighted by Crippen LogP contribution is 2.25. The van der Waals surface area contributed by atoms with Crippen LogP contribution in [0.3, 0.4) is 0 Å². The summed E-state index contributed by atoms with van der Waals surface area (Å²) in [4.78, 5) is 28.5. The highest BCUT2D eigenvalue weighted by atomic mass is 31.2. The SMILES string of the molecule is O=P(O)(O)O.OP.